The second-order valence-electron chi connectivity index (χ2n) is 6.46. The number of nitrogens with one attached hydrogen (secondary N) is 1. The number of hydrogen-bond donors (Lipinski definition) is 1. The van der Waals surface area contributed by atoms with Crippen molar-refractivity contribution in [2.45, 2.75) is 26.3 Å². The quantitative estimate of drug-likeness (QED) is 0.754. The van der Waals surface area contributed by atoms with E-state index in [0.717, 1.165) is 17.9 Å². The van der Waals surface area contributed by atoms with Gasteiger partial charge in [0.15, 0.2) is 11.0 Å². The predicted octanol–water partition coefficient (Wildman–Crippen LogP) is 4.58. The molecule has 0 saturated carbocycles. The van der Waals surface area contributed by atoms with E-state index in [4.69, 9.17) is 16.6 Å². The van der Waals surface area contributed by atoms with Gasteiger partial charge in [0.1, 0.15) is 27.6 Å². The van der Waals surface area contributed by atoms with Crippen LogP contribution in [0.1, 0.15) is 25.1 Å². The van der Waals surface area contributed by atoms with Crippen molar-refractivity contribution in [3.05, 3.63) is 58.8 Å². The van der Waals surface area contributed by atoms with Crippen molar-refractivity contribution < 1.29 is 4.39 Å². The van der Waals surface area contributed by atoms with E-state index in [0.29, 0.717) is 33.0 Å². The molecule has 6 nitrogen and oxygen atoms in total. The Morgan fingerprint density at radius 2 is 2.10 bits per heavy atom. The van der Waals surface area contributed by atoms with Crippen molar-refractivity contribution in [3.63, 3.8) is 0 Å². The second-order valence-corrected chi connectivity index (χ2v) is 7.82. The lowest BCUT2D eigenvalue weighted by atomic mass is 10.1. The van der Waals surface area contributed by atoms with Crippen LogP contribution in [0.2, 0.25) is 0 Å². The number of fused-ring (bicyclic) bond motifs is 1. The first-order valence-corrected chi connectivity index (χ1v) is 10.4. The number of likely N-dealkylation sites (N-methyl/N-ethyl adjacent to an activating group) is 1. The van der Waals surface area contributed by atoms with Crippen molar-refractivity contribution in [1.82, 2.24) is 15.4 Å². The Balaban J connectivity index is 1.81. The average molecular weight is 429 g/mol. The molecule has 0 fully saturated rings. The van der Waals surface area contributed by atoms with Crippen LogP contribution in [0, 0.1) is 17.1 Å². The zero-order valence-corrected chi connectivity index (χ0v) is 17.4. The Kier molecular flexibility index (Phi) is 5.37. The summed E-state index contributed by atoms with van der Waals surface area (Å²) in [6.07, 6.45) is 4.42. The number of rotatable bonds is 5. The van der Waals surface area contributed by atoms with Crippen molar-refractivity contribution in [1.29, 1.82) is 5.26 Å². The number of nitriles is 1. The van der Waals surface area contributed by atoms with E-state index in [1.54, 1.807) is 18.2 Å². The molecular weight excluding hydrogens is 411 g/mol. The average Bonchev–Trinajstić information content (AvgIpc) is 3.31. The minimum Gasteiger partial charge on any atom is -0.317 e. The van der Waals surface area contributed by atoms with Gasteiger partial charge in [0.25, 0.3) is 0 Å². The molecule has 3 heterocycles. The van der Waals surface area contributed by atoms with Gasteiger partial charge < -0.3 is 4.90 Å². The molecule has 0 saturated heterocycles. The van der Waals surface area contributed by atoms with E-state index in [2.05, 4.69) is 28.3 Å². The van der Waals surface area contributed by atoms with E-state index in [9.17, 15) is 9.65 Å². The molecule has 2 aliphatic heterocycles. The number of hydrazine groups is 1. The van der Waals surface area contributed by atoms with Crippen LogP contribution in [-0.2, 0) is 0 Å². The Morgan fingerprint density at radius 1 is 1.34 bits per heavy atom. The molecule has 0 radical (unpaired) electrons. The Morgan fingerprint density at radius 3 is 2.76 bits per heavy atom. The molecule has 1 aromatic heterocycles. The third-order valence-electron chi connectivity index (χ3n) is 4.74. The molecule has 1 N–H and O–H groups in total. The Bertz CT molecular complexity index is 1070. The molecule has 1 aromatic carbocycles. The number of allylic oxidation sites excluding steroid dienone is 1. The standard InChI is InChI=1S/C20H18ClFN6S/c1-3-14-18(19-24-16(21)9-10-28(19)26-14)27(4-2)20-25-17(15(11-23)29-20)12-5-7-13(22)8-6-12/h5-10,14,26H,3-4H2,1-2H3. The molecule has 0 spiro atoms. The first kappa shape index (κ1) is 19.6. The highest BCUT2D eigenvalue weighted by atomic mass is 35.5. The van der Waals surface area contributed by atoms with E-state index < -0.39 is 0 Å². The van der Waals surface area contributed by atoms with Gasteiger partial charge >= 0.3 is 0 Å². The summed E-state index contributed by atoms with van der Waals surface area (Å²) in [5, 5.41) is 12.6. The van der Waals surface area contributed by atoms with Crippen LogP contribution in [0.25, 0.3) is 11.3 Å². The summed E-state index contributed by atoms with van der Waals surface area (Å²) >= 11 is 7.46. The number of thiazole rings is 1. The van der Waals surface area contributed by atoms with Crippen LogP contribution < -0.4 is 10.3 Å². The van der Waals surface area contributed by atoms with Crippen LogP contribution in [0.5, 0.6) is 0 Å². The Labute approximate surface area is 177 Å². The van der Waals surface area contributed by atoms with Gasteiger partial charge in [0.05, 0.1) is 11.7 Å². The molecule has 9 heteroatoms. The van der Waals surface area contributed by atoms with Crippen LogP contribution >= 0.6 is 22.9 Å². The summed E-state index contributed by atoms with van der Waals surface area (Å²) in [7, 11) is 0. The summed E-state index contributed by atoms with van der Waals surface area (Å²) in [5.74, 6) is 0.399. The van der Waals surface area contributed by atoms with Gasteiger partial charge in [-0.3, -0.25) is 5.01 Å². The molecule has 1 unspecified atom stereocenters. The zero-order chi connectivity index (χ0) is 20.5. The highest BCUT2D eigenvalue weighted by Crippen LogP contribution is 2.38. The van der Waals surface area contributed by atoms with Gasteiger partial charge in [-0.1, -0.05) is 29.9 Å². The van der Waals surface area contributed by atoms with E-state index >= 15 is 0 Å². The molecule has 29 heavy (non-hydrogen) atoms. The molecular formula is C20H18ClFN6S. The second kappa shape index (κ2) is 7.95. The number of aliphatic imine (C=N–C) groups is 1. The fourth-order valence-electron chi connectivity index (χ4n) is 3.37. The van der Waals surface area contributed by atoms with Crippen molar-refractivity contribution in [3.8, 4) is 17.3 Å². The summed E-state index contributed by atoms with van der Waals surface area (Å²) in [6.45, 7) is 4.76. The summed E-state index contributed by atoms with van der Waals surface area (Å²) < 4.78 is 13.3. The Hall–Kier alpha value is -2.73. The first-order valence-electron chi connectivity index (χ1n) is 9.22. The maximum atomic E-state index is 13.3. The molecule has 0 bridgehead atoms. The monoisotopic (exact) mass is 428 g/mol. The summed E-state index contributed by atoms with van der Waals surface area (Å²) in [5.41, 5.74) is 5.63. The van der Waals surface area contributed by atoms with Crippen molar-refractivity contribution >= 4 is 33.2 Å². The maximum absolute atomic E-state index is 13.3. The van der Waals surface area contributed by atoms with Crippen LogP contribution in [0.15, 0.2) is 53.1 Å². The number of benzene rings is 1. The van der Waals surface area contributed by atoms with Gasteiger partial charge in [-0.2, -0.15) is 5.26 Å². The van der Waals surface area contributed by atoms with Gasteiger partial charge in [-0.05, 0) is 43.7 Å². The lowest BCUT2D eigenvalue weighted by Gasteiger charge is -2.25. The predicted molar refractivity (Wildman–Crippen MR) is 114 cm³/mol. The molecule has 148 valence electrons. The van der Waals surface area contributed by atoms with Crippen molar-refractivity contribution in [2.24, 2.45) is 4.99 Å². The number of nitrogens with zero attached hydrogens (tertiary/aromatic N) is 5. The first-order chi connectivity index (χ1) is 14.0. The molecule has 2 aliphatic rings. The van der Waals surface area contributed by atoms with Crippen LogP contribution in [0.4, 0.5) is 9.52 Å². The van der Waals surface area contributed by atoms with Gasteiger partial charge in [-0.25, -0.2) is 19.8 Å². The number of halogens is 2. The minimum atomic E-state index is -0.326. The number of aromatic nitrogens is 1. The van der Waals surface area contributed by atoms with E-state index in [1.165, 1.54) is 23.5 Å². The lowest BCUT2D eigenvalue weighted by molar-refractivity contribution is 0.335. The van der Waals surface area contributed by atoms with E-state index in [-0.39, 0.29) is 11.9 Å². The fraction of sp³-hybridized carbons (Fsp3) is 0.250. The topological polar surface area (TPSA) is 67.5 Å². The smallest absolute Gasteiger partial charge is 0.191 e. The summed E-state index contributed by atoms with van der Waals surface area (Å²) in [6, 6.07) is 8.26. The number of hydrogen-bond acceptors (Lipinski definition) is 7. The van der Waals surface area contributed by atoms with Crippen LogP contribution in [0.3, 0.4) is 0 Å². The normalized spacial score (nSPS) is 18.0. The third kappa shape index (κ3) is 3.53. The zero-order valence-electron chi connectivity index (χ0n) is 15.9. The molecule has 2 aromatic rings. The summed E-state index contributed by atoms with van der Waals surface area (Å²) in [4.78, 5) is 11.8. The number of anilines is 1. The highest BCUT2D eigenvalue weighted by molar-refractivity contribution is 7.16. The maximum Gasteiger partial charge on any atom is 0.191 e. The fourth-order valence-corrected chi connectivity index (χ4v) is 4.47. The van der Waals surface area contributed by atoms with Crippen molar-refractivity contribution in [2.75, 3.05) is 11.4 Å². The molecule has 0 amide bonds. The SMILES string of the molecule is CCC1NN2C=CC(Cl)=NC2=C1N(CC)c1nc(-c2ccc(F)cc2)c(C#N)s1. The van der Waals surface area contributed by atoms with E-state index in [1.807, 2.05) is 18.1 Å². The molecule has 1 atom stereocenters. The third-order valence-corrected chi connectivity index (χ3v) is 5.93. The van der Waals surface area contributed by atoms with Crippen LogP contribution in [-0.4, -0.2) is 27.8 Å². The largest absolute Gasteiger partial charge is 0.317 e. The van der Waals surface area contributed by atoms with Gasteiger partial charge in [-0.15, -0.1) is 0 Å². The highest BCUT2D eigenvalue weighted by Gasteiger charge is 2.35. The van der Waals surface area contributed by atoms with Gasteiger partial charge in [0.2, 0.25) is 0 Å². The molecule has 4 rings (SSSR count). The molecule has 0 aliphatic carbocycles. The minimum absolute atomic E-state index is 0.0321. The van der Waals surface area contributed by atoms with Gasteiger partial charge in [0, 0.05) is 18.3 Å². The lowest BCUT2D eigenvalue weighted by Crippen LogP contribution is -2.37.